The molecule has 0 saturated carbocycles. The molecule has 4 nitrogen and oxygen atoms in total. The molecule has 2 rings (SSSR count). The van der Waals surface area contributed by atoms with Crippen LogP contribution in [0.2, 0.25) is 0 Å². The number of aryl methyl sites for hydroxylation is 2. The van der Waals surface area contributed by atoms with E-state index in [4.69, 9.17) is 0 Å². The van der Waals surface area contributed by atoms with Gasteiger partial charge >= 0.3 is 0 Å². The van der Waals surface area contributed by atoms with Gasteiger partial charge in [0.15, 0.2) is 0 Å². The monoisotopic (exact) mass is 311 g/mol. The first-order valence-electron chi connectivity index (χ1n) is 8.25. The van der Waals surface area contributed by atoms with Crippen molar-refractivity contribution in [2.45, 2.75) is 40.0 Å². The molecule has 0 unspecified atom stereocenters. The summed E-state index contributed by atoms with van der Waals surface area (Å²) >= 11 is 0. The fourth-order valence-corrected chi connectivity index (χ4v) is 2.41. The predicted octanol–water partition coefficient (Wildman–Crippen LogP) is 4.42. The van der Waals surface area contributed by atoms with Gasteiger partial charge < -0.3 is 10.6 Å². The molecule has 0 bridgehead atoms. The summed E-state index contributed by atoms with van der Waals surface area (Å²) in [4.78, 5) is 16.7. The number of unbranched alkanes of at least 4 members (excludes halogenated alkanes) is 1. The first-order chi connectivity index (χ1) is 11.2. The third-order valence-corrected chi connectivity index (χ3v) is 3.84. The molecule has 1 heterocycles. The van der Waals surface area contributed by atoms with Crippen LogP contribution < -0.4 is 10.6 Å². The van der Waals surface area contributed by atoms with E-state index in [1.165, 1.54) is 0 Å². The molecule has 0 spiro atoms. The van der Waals surface area contributed by atoms with E-state index < -0.39 is 0 Å². The Morgan fingerprint density at radius 3 is 2.65 bits per heavy atom. The number of nitrogens with zero attached hydrogens (tertiary/aromatic N) is 1. The molecule has 2 N–H and O–H groups in total. The summed E-state index contributed by atoms with van der Waals surface area (Å²) in [5.41, 5.74) is 3.69. The maximum absolute atomic E-state index is 12.4. The number of para-hydroxylation sites is 1. The van der Waals surface area contributed by atoms with E-state index in [0.29, 0.717) is 5.56 Å². The molecule has 1 amide bonds. The molecule has 122 valence electrons. The molecule has 0 saturated heterocycles. The number of nitrogens with one attached hydrogen (secondary N) is 2. The summed E-state index contributed by atoms with van der Waals surface area (Å²) in [6.07, 6.45) is 4.75. The van der Waals surface area contributed by atoms with Crippen LogP contribution in [0.3, 0.4) is 0 Å². The smallest absolute Gasteiger partial charge is 0.257 e. The zero-order chi connectivity index (χ0) is 16.7. The van der Waals surface area contributed by atoms with Gasteiger partial charge in [0, 0.05) is 18.4 Å². The number of amides is 1. The zero-order valence-corrected chi connectivity index (χ0v) is 14.1. The SMILES string of the molecule is CCCCNc1ccc(C(=O)Nc2c(C)cccc2CC)cn1. The van der Waals surface area contributed by atoms with Crippen LogP contribution in [-0.2, 0) is 6.42 Å². The van der Waals surface area contributed by atoms with Crippen LogP contribution in [0.25, 0.3) is 0 Å². The highest BCUT2D eigenvalue weighted by Gasteiger charge is 2.11. The molecule has 0 fully saturated rings. The lowest BCUT2D eigenvalue weighted by Crippen LogP contribution is -2.15. The van der Waals surface area contributed by atoms with E-state index in [-0.39, 0.29) is 5.91 Å². The first-order valence-corrected chi connectivity index (χ1v) is 8.25. The Morgan fingerprint density at radius 2 is 2.00 bits per heavy atom. The molecule has 0 aliphatic carbocycles. The van der Waals surface area contributed by atoms with E-state index in [2.05, 4.69) is 29.5 Å². The number of carbonyl (C=O) groups excluding carboxylic acids is 1. The molecule has 1 aromatic heterocycles. The number of benzene rings is 1. The van der Waals surface area contributed by atoms with Crippen LogP contribution in [0.1, 0.15) is 48.2 Å². The molecule has 2 aromatic rings. The highest BCUT2D eigenvalue weighted by Crippen LogP contribution is 2.22. The number of hydrogen-bond acceptors (Lipinski definition) is 3. The van der Waals surface area contributed by atoms with Crippen molar-refractivity contribution >= 4 is 17.4 Å². The van der Waals surface area contributed by atoms with E-state index >= 15 is 0 Å². The van der Waals surface area contributed by atoms with Gasteiger partial charge in [0.2, 0.25) is 0 Å². The van der Waals surface area contributed by atoms with Gasteiger partial charge in [-0.2, -0.15) is 0 Å². The standard InChI is InChI=1S/C19H25N3O/c1-4-6-12-20-17-11-10-16(13-21-17)19(23)22-18-14(3)8-7-9-15(18)5-2/h7-11,13H,4-6,12H2,1-3H3,(H,20,21)(H,22,23). The summed E-state index contributed by atoms with van der Waals surface area (Å²) in [5.74, 6) is 0.682. The van der Waals surface area contributed by atoms with Crippen molar-refractivity contribution in [1.82, 2.24) is 4.98 Å². The van der Waals surface area contributed by atoms with Crippen molar-refractivity contribution in [1.29, 1.82) is 0 Å². The lowest BCUT2D eigenvalue weighted by atomic mass is 10.1. The van der Waals surface area contributed by atoms with Crippen molar-refractivity contribution in [2.24, 2.45) is 0 Å². The lowest BCUT2D eigenvalue weighted by molar-refractivity contribution is 0.102. The molecule has 4 heteroatoms. The molecule has 23 heavy (non-hydrogen) atoms. The number of carbonyl (C=O) groups is 1. The highest BCUT2D eigenvalue weighted by atomic mass is 16.1. The van der Waals surface area contributed by atoms with E-state index in [9.17, 15) is 4.79 Å². The van der Waals surface area contributed by atoms with Gasteiger partial charge in [0.25, 0.3) is 5.91 Å². The second-order valence-electron chi connectivity index (χ2n) is 5.63. The molecule has 1 aromatic carbocycles. The minimum Gasteiger partial charge on any atom is -0.370 e. The van der Waals surface area contributed by atoms with Gasteiger partial charge in [-0.05, 0) is 43.0 Å². The third-order valence-electron chi connectivity index (χ3n) is 3.84. The van der Waals surface area contributed by atoms with Gasteiger partial charge in [0.05, 0.1) is 5.56 Å². The molecular formula is C19H25N3O. The molecule has 0 aliphatic rings. The minimum absolute atomic E-state index is 0.124. The average Bonchev–Trinajstić information content (AvgIpc) is 2.57. The van der Waals surface area contributed by atoms with Crippen LogP contribution in [0.5, 0.6) is 0 Å². The normalized spacial score (nSPS) is 10.4. The summed E-state index contributed by atoms with van der Waals surface area (Å²) in [7, 11) is 0. The van der Waals surface area contributed by atoms with Crippen molar-refractivity contribution in [3.63, 3.8) is 0 Å². The van der Waals surface area contributed by atoms with Gasteiger partial charge in [-0.1, -0.05) is 38.5 Å². The Morgan fingerprint density at radius 1 is 1.17 bits per heavy atom. The topological polar surface area (TPSA) is 54.0 Å². The minimum atomic E-state index is -0.124. The van der Waals surface area contributed by atoms with E-state index in [1.54, 1.807) is 12.3 Å². The number of hydrogen-bond donors (Lipinski definition) is 2. The Kier molecular flexibility index (Phi) is 6.15. The van der Waals surface area contributed by atoms with E-state index in [1.807, 2.05) is 31.2 Å². The van der Waals surface area contributed by atoms with Crippen LogP contribution in [0.15, 0.2) is 36.5 Å². The van der Waals surface area contributed by atoms with Crippen molar-refractivity contribution in [3.8, 4) is 0 Å². The van der Waals surface area contributed by atoms with Crippen molar-refractivity contribution in [2.75, 3.05) is 17.2 Å². The Hall–Kier alpha value is -2.36. The first kappa shape index (κ1) is 17.0. The molecule has 0 radical (unpaired) electrons. The largest absolute Gasteiger partial charge is 0.370 e. The number of aromatic nitrogens is 1. The predicted molar refractivity (Wildman–Crippen MR) is 96.1 cm³/mol. The molecular weight excluding hydrogens is 286 g/mol. The van der Waals surface area contributed by atoms with Gasteiger partial charge in [-0.15, -0.1) is 0 Å². The molecule has 0 aliphatic heterocycles. The second kappa shape index (κ2) is 8.32. The highest BCUT2D eigenvalue weighted by molar-refractivity contribution is 6.05. The number of anilines is 2. The average molecular weight is 311 g/mol. The Bertz CT molecular complexity index is 650. The van der Waals surface area contributed by atoms with Crippen LogP contribution >= 0.6 is 0 Å². The Balaban J connectivity index is 2.06. The maximum Gasteiger partial charge on any atom is 0.257 e. The third kappa shape index (κ3) is 4.55. The van der Waals surface area contributed by atoms with Crippen LogP contribution in [0, 0.1) is 6.92 Å². The van der Waals surface area contributed by atoms with Gasteiger partial charge in [0.1, 0.15) is 5.82 Å². The summed E-state index contributed by atoms with van der Waals surface area (Å²) in [5, 5.41) is 6.26. The van der Waals surface area contributed by atoms with Crippen LogP contribution in [-0.4, -0.2) is 17.4 Å². The molecule has 0 atom stereocenters. The Labute approximate surface area is 138 Å². The number of pyridine rings is 1. The maximum atomic E-state index is 12.4. The fourth-order valence-electron chi connectivity index (χ4n) is 2.41. The van der Waals surface area contributed by atoms with Crippen LogP contribution in [0.4, 0.5) is 11.5 Å². The lowest BCUT2D eigenvalue weighted by Gasteiger charge is -2.13. The summed E-state index contributed by atoms with van der Waals surface area (Å²) in [6, 6.07) is 9.72. The van der Waals surface area contributed by atoms with Gasteiger partial charge in [-0.3, -0.25) is 4.79 Å². The number of rotatable bonds is 7. The second-order valence-corrected chi connectivity index (χ2v) is 5.63. The summed E-state index contributed by atoms with van der Waals surface area (Å²) in [6.45, 7) is 7.15. The quantitative estimate of drug-likeness (QED) is 0.744. The summed E-state index contributed by atoms with van der Waals surface area (Å²) < 4.78 is 0. The van der Waals surface area contributed by atoms with Crippen molar-refractivity contribution in [3.05, 3.63) is 53.2 Å². The van der Waals surface area contributed by atoms with E-state index in [0.717, 1.165) is 48.4 Å². The van der Waals surface area contributed by atoms with Gasteiger partial charge in [-0.25, -0.2) is 4.98 Å². The van der Waals surface area contributed by atoms with Crippen molar-refractivity contribution < 1.29 is 4.79 Å². The zero-order valence-electron chi connectivity index (χ0n) is 14.1. The fraction of sp³-hybridized carbons (Fsp3) is 0.368.